The SMILES string of the molecule is C[CH]C[C@](CC)(OC)c1ccccc1F. The van der Waals surface area contributed by atoms with Gasteiger partial charge in [0.1, 0.15) is 5.82 Å². The van der Waals surface area contributed by atoms with Gasteiger partial charge >= 0.3 is 0 Å². The molecule has 0 bridgehead atoms. The molecule has 0 heterocycles. The van der Waals surface area contributed by atoms with Crippen LogP contribution in [0.4, 0.5) is 4.39 Å². The van der Waals surface area contributed by atoms with E-state index in [-0.39, 0.29) is 5.82 Å². The molecule has 0 N–H and O–H groups in total. The molecule has 0 aliphatic rings. The highest BCUT2D eigenvalue weighted by atomic mass is 19.1. The fraction of sp³-hybridized carbons (Fsp3) is 0.462. The third-order valence-electron chi connectivity index (χ3n) is 2.86. The zero-order valence-corrected chi connectivity index (χ0v) is 9.59. The molecular formula is C13H18FO. The summed E-state index contributed by atoms with van der Waals surface area (Å²) in [5.74, 6) is -0.192. The Kier molecular flexibility index (Phi) is 4.28. The van der Waals surface area contributed by atoms with E-state index in [4.69, 9.17) is 4.74 Å². The van der Waals surface area contributed by atoms with Crippen LogP contribution in [0.2, 0.25) is 0 Å². The summed E-state index contributed by atoms with van der Waals surface area (Å²) >= 11 is 0. The van der Waals surface area contributed by atoms with E-state index in [2.05, 4.69) is 0 Å². The van der Waals surface area contributed by atoms with Crippen LogP contribution in [-0.2, 0) is 10.3 Å². The molecule has 0 aliphatic heterocycles. The van der Waals surface area contributed by atoms with Gasteiger partial charge in [-0.1, -0.05) is 32.0 Å². The van der Waals surface area contributed by atoms with Gasteiger partial charge in [-0.05, 0) is 25.3 Å². The molecule has 2 heteroatoms. The summed E-state index contributed by atoms with van der Waals surface area (Å²) in [6.45, 7) is 3.98. The lowest BCUT2D eigenvalue weighted by atomic mass is 9.86. The number of hydrogen-bond acceptors (Lipinski definition) is 1. The lowest BCUT2D eigenvalue weighted by Gasteiger charge is -2.31. The van der Waals surface area contributed by atoms with Crippen LogP contribution in [0.1, 0.15) is 32.3 Å². The summed E-state index contributed by atoms with van der Waals surface area (Å²) in [5.41, 5.74) is 0.133. The third-order valence-corrected chi connectivity index (χ3v) is 2.86. The molecule has 0 unspecified atom stereocenters. The predicted molar refractivity (Wildman–Crippen MR) is 60.0 cm³/mol. The molecule has 1 nitrogen and oxygen atoms in total. The second-order valence-electron chi connectivity index (χ2n) is 3.64. The van der Waals surface area contributed by atoms with Crippen molar-refractivity contribution in [1.29, 1.82) is 0 Å². The standard InChI is InChI=1S/C13H18FO/c1-4-10-13(5-2,15-3)11-8-6-7-9-12(11)14/h4,6-9H,5,10H2,1-3H3/t13-/m0/s1. The molecule has 1 aromatic rings. The fourth-order valence-corrected chi connectivity index (χ4v) is 1.94. The van der Waals surface area contributed by atoms with Gasteiger partial charge in [-0.25, -0.2) is 4.39 Å². The van der Waals surface area contributed by atoms with Gasteiger partial charge in [0.25, 0.3) is 0 Å². The smallest absolute Gasteiger partial charge is 0.129 e. The van der Waals surface area contributed by atoms with Crippen LogP contribution in [0.15, 0.2) is 24.3 Å². The van der Waals surface area contributed by atoms with Crippen molar-refractivity contribution in [2.24, 2.45) is 0 Å². The zero-order valence-electron chi connectivity index (χ0n) is 9.59. The number of ether oxygens (including phenoxy) is 1. The minimum atomic E-state index is -0.514. The summed E-state index contributed by atoms with van der Waals surface area (Å²) in [4.78, 5) is 0. The summed E-state index contributed by atoms with van der Waals surface area (Å²) < 4.78 is 19.2. The first-order valence-corrected chi connectivity index (χ1v) is 5.28. The Labute approximate surface area is 91.3 Å². The number of halogens is 1. The molecule has 1 atom stereocenters. The van der Waals surface area contributed by atoms with Crippen LogP contribution in [0.25, 0.3) is 0 Å². The molecule has 0 fully saturated rings. The first-order chi connectivity index (χ1) is 7.20. The monoisotopic (exact) mass is 209 g/mol. The van der Waals surface area contributed by atoms with Crippen molar-refractivity contribution in [3.8, 4) is 0 Å². The topological polar surface area (TPSA) is 9.23 Å². The lowest BCUT2D eigenvalue weighted by Crippen LogP contribution is -2.28. The average Bonchev–Trinajstić information content (AvgIpc) is 2.27. The first-order valence-electron chi connectivity index (χ1n) is 5.28. The van der Waals surface area contributed by atoms with E-state index in [1.807, 2.05) is 26.3 Å². The zero-order chi connectivity index (χ0) is 11.3. The fourth-order valence-electron chi connectivity index (χ4n) is 1.94. The van der Waals surface area contributed by atoms with Crippen molar-refractivity contribution in [3.05, 3.63) is 42.1 Å². The normalized spacial score (nSPS) is 14.9. The van der Waals surface area contributed by atoms with E-state index in [1.165, 1.54) is 6.07 Å². The van der Waals surface area contributed by atoms with Gasteiger partial charge in [-0.2, -0.15) is 0 Å². The van der Waals surface area contributed by atoms with Crippen LogP contribution in [0.5, 0.6) is 0 Å². The highest BCUT2D eigenvalue weighted by Gasteiger charge is 2.31. The van der Waals surface area contributed by atoms with Crippen LogP contribution in [0, 0.1) is 12.2 Å². The number of methoxy groups -OCH3 is 1. The second kappa shape index (κ2) is 5.26. The highest BCUT2D eigenvalue weighted by Crippen LogP contribution is 2.34. The molecule has 0 amide bonds. The molecule has 1 aromatic carbocycles. The molecule has 0 aliphatic carbocycles. The maximum absolute atomic E-state index is 13.7. The van der Waals surface area contributed by atoms with Crippen LogP contribution in [-0.4, -0.2) is 7.11 Å². The molecule has 15 heavy (non-hydrogen) atoms. The summed E-state index contributed by atoms with van der Waals surface area (Å²) in [7, 11) is 1.64. The number of hydrogen-bond donors (Lipinski definition) is 0. The van der Waals surface area contributed by atoms with Gasteiger partial charge in [0.2, 0.25) is 0 Å². The van der Waals surface area contributed by atoms with E-state index in [1.54, 1.807) is 19.2 Å². The Hall–Kier alpha value is -0.890. The maximum Gasteiger partial charge on any atom is 0.129 e. The number of benzene rings is 1. The van der Waals surface area contributed by atoms with Crippen molar-refractivity contribution in [1.82, 2.24) is 0 Å². The van der Waals surface area contributed by atoms with Crippen LogP contribution < -0.4 is 0 Å². The van der Waals surface area contributed by atoms with Crippen LogP contribution in [0.3, 0.4) is 0 Å². The Morgan fingerprint density at radius 1 is 1.40 bits per heavy atom. The third kappa shape index (κ3) is 2.37. The largest absolute Gasteiger partial charge is 0.373 e. The Morgan fingerprint density at radius 3 is 2.53 bits per heavy atom. The Balaban J connectivity index is 3.13. The molecule has 0 saturated heterocycles. The van der Waals surface area contributed by atoms with E-state index in [0.29, 0.717) is 5.56 Å². The van der Waals surface area contributed by atoms with E-state index in [9.17, 15) is 4.39 Å². The number of rotatable bonds is 5. The molecular weight excluding hydrogens is 191 g/mol. The molecule has 0 saturated carbocycles. The highest BCUT2D eigenvalue weighted by molar-refractivity contribution is 5.25. The van der Waals surface area contributed by atoms with Gasteiger partial charge in [0.05, 0.1) is 5.60 Å². The van der Waals surface area contributed by atoms with Gasteiger partial charge in [0.15, 0.2) is 0 Å². The summed E-state index contributed by atoms with van der Waals surface area (Å²) in [5, 5.41) is 0. The van der Waals surface area contributed by atoms with Crippen molar-refractivity contribution < 1.29 is 9.13 Å². The van der Waals surface area contributed by atoms with Gasteiger partial charge < -0.3 is 4.74 Å². The maximum atomic E-state index is 13.7. The Bertz CT molecular complexity index is 305. The van der Waals surface area contributed by atoms with Crippen LogP contribution >= 0.6 is 0 Å². The van der Waals surface area contributed by atoms with Crippen molar-refractivity contribution in [2.75, 3.05) is 7.11 Å². The molecule has 1 radical (unpaired) electrons. The van der Waals surface area contributed by atoms with E-state index in [0.717, 1.165) is 12.8 Å². The van der Waals surface area contributed by atoms with E-state index >= 15 is 0 Å². The van der Waals surface area contributed by atoms with Crippen molar-refractivity contribution >= 4 is 0 Å². The molecule has 1 rings (SSSR count). The predicted octanol–water partition coefficient (Wildman–Crippen LogP) is 3.69. The van der Waals surface area contributed by atoms with Crippen molar-refractivity contribution in [3.63, 3.8) is 0 Å². The van der Waals surface area contributed by atoms with Gasteiger partial charge in [0, 0.05) is 12.7 Å². The Morgan fingerprint density at radius 2 is 2.07 bits per heavy atom. The average molecular weight is 209 g/mol. The second-order valence-corrected chi connectivity index (χ2v) is 3.64. The molecule has 83 valence electrons. The van der Waals surface area contributed by atoms with E-state index < -0.39 is 5.60 Å². The summed E-state index contributed by atoms with van der Waals surface area (Å²) in [6, 6.07) is 6.82. The minimum absolute atomic E-state index is 0.192. The van der Waals surface area contributed by atoms with Gasteiger partial charge in [-0.15, -0.1) is 0 Å². The van der Waals surface area contributed by atoms with Gasteiger partial charge in [-0.3, -0.25) is 0 Å². The first kappa shape index (κ1) is 12.2. The van der Waals surface area contributed by atoms with Crippen molar-refractivity contribution in [2.45, 2.75) is 32.3 Å². The lowest BCUT2D eigenvalue weighted by molar-refractivity contribution is -0.0216. The molecule has 0 aromatic heterocycles. The molecule has 0 spiro atoms. The minimum Gasteiger partial charge on any atom is -0.373 e. The summed E-state index contributed by atoms with van der Waals surface area (Å²) in [6.07, 6.45) is 3.50. The quantitative estimate of drug-likeness (QED) is 0.718.